The molecule has 1 saturated carbocycles. The van der Waals surface area contributed by atoms with Gasteiger partial charge in [-0.05, 0) is 42.3 Å². The molecule has 2 aromatic heterocycles. The molecule has 2 nitrogen and oxygen atoms in total. The molecule has 0 N–H and O–H groups in total. The van der Waals surface area contributed by atoms with Crippen LogP contribution in [0.4, 0.5) is 5.82 Å². The Morgan fingerprint density at radius 2 is 2.32 bits per heavy atom. The second-order valence-electron chi connectivity index (χ2n) is 5.06. The molecule has 1 aliphatic carbocycles. The fraction of sp³-hybridized carbons (Fsp3) is 0.400. The van der Waals surface area contributed by atoms with Crippen molar-refractivity contribution in [3.8, 4) is 0 Å². The van der Waals surface area contributed by atoms with Crippen molar-refractivity contribution in [2.45, 2.75) is 37.7 Å². The molecule has 0 atom stereocenters. The summed E-state index contributed by atoms with van der Waals surface area (Å²) in [5.74, 6) is 1.15. The number of rotatable bonds is 5. The lowest BCUT2D eigenvalue weighted by Crippen LogP contribution is -2.26. The number of thiophene rings is 1. The fourth-order valence-corrected chi connectivity index (χ4v) is 3.34. The zero-order valence-corrected chi connectivity index (χ0v) is 13.4. The second kappa shape index (κ2) is 5.63. The van der Waals surface area contributed by atoms with E-state index in [1.165, 1.54) is 28.8 Å². The Kier molecular flexibility index (Phi) is 3.89. The lowest BCUT2D eigenvalue weighted by Gasteiger charge is -2.24. The van der Waals surface area contributed by atoms with E-state index < -0.39 is 0 Å². The van der Waals surface area contributed by atoms with Crippen molar-refractivity contribution in [1.29, 1.82) is 0 Å². The zero-order chi connectivity index (χ0) is 13.2. The van der Waals surface area contributed by atoms with Crippen molar-refractivity contribution in [1.82, 2.24) is 4.98 Å². The van der Waals surface area contributed by atoms with Gasteiger partial charge in [0.15, 0.2) is 0 Å². The summed E-state index contributed by atoms with van der Waals surface area (Å²) in [5, 5.41) is 3.02. The molecule has 0 radical (unpaired) electrons. The van der Waals surface area contributed by atoms with Gasteiger partial charge in [0.2, 0.25) is 0 Å². The van der Waals surface area contributed by atoms with E-state index in [4.69, 9.17) is 4.98 Å². The van der Waals surface area contributed by atoms with Gasteiger partial charge >= 0.3 is 0 Å². The van der Waals surface area contributed by atoms with Crippen molar-refractivity contribution in [3.63, 3.8) is 0 Å². The topological polar surface area (TPSA) is 16.1 Å². The lowest BCUT2D eigenvalue weighted by molar-refractivity contribution is 0.781. The van der Waals surface area contributed by atoms with Crippen LogP contribution in [0.25, 0.3) is 0 Å². The van der Waals surface area contributed by atoms with Gasteiger partial charge in [-0.3, -0.25) is 0 Å². The molecule has 0 aliphatic heterocycles. The van der Waals surface area contributed by atoms with Crippen molar-refractivity contribution in [3.05, 3.63) is 45.8 Å². The summed E-state index contributed by atoms with van der Waals surface area (Å²) in [7, 11) is 0. The van der Waals surface area contributed by atoms with Crippen LogP contribution in [-0.2, 0) is 11.9 Å². The van der Waals surface area contributed by atoms with Gasteiger partial charge in [0, 0.05) is 22.4 Å². The molecule has 3 rings (SSSR count). The molecule has 1 aliphatic rings. The predicted octanol–water partition coefficient (Wildman–Crippen LogP) is 4.52. The third-order valence-electron chi connectivity index (χ3n) is 3.43. The van der Waals surface area contributed by atoms with Gasteiger partial charge in [0.25, 0.3) is 0 Å². The number of hydrogen-bond donors (Lipinski definition) is 0. The van der Waals surface area contributed by atoms with Gasteiger partial charge in [-0.2, -0.15) is 0 Å². The maximum Gasteiger partial charge on any atom is 0.132 e. The number of pyridine rings is 1. The van der Waals surface area contributed by atoms with Crippen LogP contribution in [0.3, 0.4) is 0 Å². The van der Waals surface area contributed by atoms with Crippen LogP contribution < -0.4 is 4.90 Å². The molecular weight excluding hydrogens is 320 g/mol. The Hall–Kier alpha value is -0.870. The van der Waals surface area contributed by atoms with Gasteiger partial charge in [0.05, 0.1) is 6.54 Å². The monoisotopic (exact) mass is 336 g/mol. The molecule has 19 heavy (non-hydrogen) atoms. The van der Waals surface area contributed by atoms with E-state index in [2.05, 4.69) is 51.3 Å². The SMILES string of the molecule is Cc1cc(CBr)cnc1N(Cc1cccs1)C1CC1. The Balaban J connectivity index is 1.87. The van der Waals surface area contributed by atoms with Gasteiger partial charge < -0.3 is 4.90 Å². The van der Waals surface area contributed by atoms with Crippen molar-refractivity contribution in [2.24, 2.45) is 0 Å². The number of anilines is 1. The summed E-state index contributed by atoms with van der Waals surface area (Å²) in [6, 6.07) is 7.26. The first-order valence-electron chi connectivity index (χ1n) is 6.58. The number of halogens is 1. The zero-order valence-electron chi connectivity index (χ0n) is 11.0. The van der Waals surface area contributed by atoms with Crippen LogP contribution in [0.15, 0.2) is 29.8 Å². The van der Waals surface area contributed by atoms with Gasteiger partial charge in [-0.25, -0.2) is 4.98 Å². The summed E-state index contributed by atoms with van der Waals surface area (Å²) in [4.78, 5) is 8.58. The minimum absolute atomic E-state index is 0.683. The average molecular weight is 337 g/mol. The lowest BCUT2D eigenvalue weighted by atomic mass is 10.2. The number of aromatic nitrogens is 1. The van der Waals surface area contributed by atoms with Crippen LogP contribution >= 0.6 is 27.3 Å². The highest BCUT2D eigenvalue weighted by Gasteiger charge is 2.31. The number of nitrogens with zero attached hydrogens (tertiary/aromatic N) is 2. The van der Waals surface area contributed by atoms with E-state index in [0.29, 0.717) is 6.04 Å². The molecule has 100 valence electrons. The maximum atomic E-state index is 4.69. The van der Waals surface area contributed by atoms with Gasteiger partial charge in [-0.15, -0.1) is 11.3 Å². The van der Waals surface area contributed by atoms with Crippen molar-refractivity contribution in [2.75, 3.05) is 4.90 Å². The molecule has 1 fully saturated rings. The highest BCUT2D eigenvalue weighted by atomic mass is 79.9. The highest BCUT2D eigenvalue weighted by molar-refractivity contribution is 9.08. The maximum absolute atomic E-state index is 4.69. The van der Waals surface area contributed by atoms with Crippen LogP contribution in [0.2, 0.25) is 0 Å². The second-order valence-corrected chi connectivity index (χ2v) is 6.65. The Morgan fingerprint density at radius 3 is 2.89 bits per heavy atom. The third kappa shape index (κ3) is 3.00. The van der Waals surface area contributed by atoms with E-state index in [0.717, 1.165) is 17.7 Å². The molecule has 0 saturated heterocycles. The normalized spacial score (nSPS) is 14.6. The molecular formula is C15H17BrN2S. The summed E-state index contributed by atoms with van der Waals surface area (Å²) >= 11 is 5.32. The first-order valence-corrected chi connectivity index (χ1v) is 8.58. The first-order chi connectivity index (χ1) is 9.28. The standard InChI is InChI=1S/C15H17BrN2S/c1-11-7-12(8-16)9-17-15(11)18(13-4-5-13)10-14-3-2-6-19-14/h2-3,6-7,9,13H,4-5,8,10H2,1H3. The number of hydrogen-bond acceptors (Lipinski definition) is 3. The molecule has 4 heteroatoms. The smallest absolute Gasteiger partial charge is 0.132 e. The minimum atomic E-state index is 0.683. The Morgan fingerprint density at radius 1 is 1.47 bits per heavy atom. The highest BCUT2D eigenvalue weighted by Crippen LogP contribution is 2.34. The van der Waals surface area contributed by atoms with E-state index >= 15 is 0 Å². The first kappa shape index (κ1) is 13.1. The molecule has 0 amide bonds. The largest absolute Gasteiger partial charge is 0.348 e. The minimum Gasteiger partial charge on any atom is -0.348 e. The molecule has 2 heterocycles. The van der Waals surface area contributed by atoms with E-state index in [-0.39, 0.29) is 0 Å². The average Bonchev–Trinajstić information content (AvgIpc) is 3.14. The van der Waals surface area contributed by atoms with E-state index in [9.17, 15) is 0 Å². The number of alkyl halides is 1. The number of aryl methyl sites for hydroxylation is 1. The predicted molar refractivity (Wildman–Crippen MR) is 85.1 cm³/mol. The van der Waals surface area contributed by atoms with Crippen molar-refractivity contribution >= 4 is 33.1 Å². The summed E-state index contributed by atoms with van der Waals surface area (Å²) in [6.07, 6.45) is 4.58. The quantitative estimate of drug-likeness (QED) is 0.746. The van der Waals surface area contributed by atoms with E-state index in [1.54, 1.807) is 0 Å². The molecule has 0 unspecified atom stereocenters. The van der Waals surface area contributed by atoms with Crippen LogP contribution in [-0.4, -0.2) is 11.0 Å². The van der Waals surface area contributed by atoms with Crippen molar-refractivity contribution < 1.29 is 0 Å². The van der Waals surface area contributed by atoms with Gasteiger partial charge in [-0.1, -0.05) is 28.1 Å². The van der Waals surface area contributed by atoms with Crippen LogP contribution in [0, 0.1) is 6.92 Å². The summed E-state index contributed by atoms with van der Waals surface area (Å²) in [5.41, 5.74) is 2.52. The summed E-state index contributed by atoms with van der Waals surface area (Å²) in [6.45, 7) is 3.15. The molecule has 0 spiro atoms. The van der Waals surface area contributed by atoms with Gasteiger partial charge in [0.1, 0.15) is 5.82 Å². The Bertz CT molecular complexity index is 549. The Labute approximate surface area is 126 Å². The van der Waals surface area contributed by atoms with E-state index in [1.807, 2.05) is 17.5 Å². The van der Waals surface area contributed by atoms with Crippen LogP contribution in [0.1, 0.15) is 28.8 Å². The summed E-state index contributed by atoms with van der Waals surface area (Å²) < 4.78 is 0. The van der Waals surface area contributed by atoms with Crippen LogP contribution in [0.5, 0.6) is 0 Å². The molecule has 0 bridgehead atoms. The molecule has 0 aromatic carbocycles. The fourth-order valence-electron chi connectivity index (χ4n) is 2.33. The third-order valence-corrected chi connectivity index (χ3v) is 4.94. The molecule has 2 aromatic rings.